The van der Waals surface area contributed by atoms with Crippen LogP contribution in [0.1, 0.15) is 31.0 Å². The highest BCUT2D eigenvalue weighted by Crippen LogP contribution is 2.28. The number of halogens is 1. The number of fused-ring (bicyclic) bond motifs is 1. The van der Waals surface area contributed by atoms with Gasteiger partial charge in [-0.2, -0.15) is 0 Å². The molecule has 0 bridgehead atoms. The van der Waals surface area contributed by atoms with E-state index in [2.05, 4.69) is 4.98 Å². The van der Waals surface area contributed by atoms with Crippen LogP contribution in [0, 0.1) is 0 Å². The molecule has 3 rings (SSSR count). The van der Waals surface area contributed by atoms with Crippen molar-refractivity contribution in [2.75, 3.05) is 5.75 Å². The Morgan fingerprint density at radius 1 is 1.45 bits per heavy atom. The van der Waals surface area contributed by atoms with E-state index in [1.165, 1.54) is 0 Å². The third kappa shape index (κ3) is 2.33. The monoisotopic (exact) mass is 312 g/mol. The van der Waals surface area contributed by atoms with Crippen LogP contribution >= 0.6 is 11.6 Å². The first-order valence-corrected chi connectivity index (χ1v) is 8.95. The van der Waals surface area contributed by atoms with Gasteiger partial charge >= 0.3 is 0 Å². The van der Waals surface area contributed by atoms with Gasteiger partial charge in [0.25, 0.3) is 0 Å². The maximum absolute atomic E-state index is 12.0. The molecule has 0 spiro atoms. The summed E-state index contributed by atoms with van der Waals surface area (Å²) >= 11 is 6.20. The molecule has 2 unspecified atom stereocenters. The minimum Gasteiger partial charge on any atom is -0.325 e. The minimum atomic E-state index is -2.97. The van der Waals surface area contributed by atoms with Crippen molar-refractivity contribution < 1.29 is 8.42 Å². The van der Waals surface area contributed by atoms with Crippen molar-refractivity contribution in [1.82, 2.24) is 9.55 Å². The highest BCUT2D eigenvalue weighted by molar-refractivity contribution is 7.92. The summed E-state index contributed by atoms with van der Waals surface area (Å²) < 4.78 is 26.0. The normalized spacial score (nSPS) is 23.2. The van der Waals surface area contributed by atoms with E-state index in [1.54, 1.807) is 0 Å². The van der Waals surface area contributed by atoms with Crippen molar-refractivity contribution in [3.63, 3.8) is 0 Å². The number of hydrogen-bond donors (Lipinski definition) is 0. The largest absolute Gasteiger partial charge is 0.325 e. The first-order chi connectivity index (χ1) is 9.49. The van der Waals surface area contributed by atoms with Crippen LogP contribution in [0.25, 0.3) is 11.0 Å². The lowest BCUT2D eigenvalue weighted by Gasteiger charge is -2.15. The van der Waals surface area contributed by atoms with E-state index in [4.69, 9.17) is 11.6 Å². The maximum atomic E-state index is 12.0. The number of sulfone groups is 1. The fourth-order valence-corrected chi connectivity index (χ4v) is 4.83. The van der Waals surface area contributed by atoms with E-state index in [9.17, 15) is 8.42 Å². The van der Waals surface area contributed by atoms with E-state index >= 15 is 0 Å². The van der Waals surface area contributed by atoms with Crippen molar-refractivity contribution in [3.05, 3.63) is 30.1 Å². The van der Waals surface area contributed by atoms with Gasteiger partial charge in [0.2, 0.25) is 0 Å². The summed E-state index contributed by atoms with van der Waals surface area (Å²) in [6, 6.07) is 7.76. The molecule has 1 fully saturated rings. The maximum Gasteiger partial charge on any atom is 0.154 e. The summed E-state index contributed by atoms with van der Waals surface area (Å²) in [5.41, 5.74) is 1.82. The number of para-hydroxylation sites is 2. The molecule has 1 aliphatic heterocycles. The molecule has 0 radical (unpaired) electrons. The molecular weight excluding hydrogens is 296 g/mol. The molecule has 1 aliphatic rings. The second kappa shape index (κ2) is 5.04. The highest BCUT2D eigenvalue weighted by Gasteiger charge is 2.32. The molecule has 0 aliphatic carbocycles. The van der Waals surface area contributed by atoms with Gasteiger partial charge in [-0.05, 0) is 31.9 Å². The van der Waals surface area contributed by atoms with Crippen LogP contribution in [0.5, 0.6) is 0 Å². The number of nitrogens with zero attached hydrogens (tertiary/aromatic N) is 2. The zero-order valence-electron chi connectivity index (χ0n) is 11.3. The van der Waals surface area contributed by atoms with Gasteiger partial charge in [0.1, 0.15) is 5.82 Å². The Morgan fingerprint density at radius 3 is 2.85 bits per heavy atom. The summed E-state index contributed by atoms with van der Waals surface area (Å²) in [5.74, 6) is 1.05. The molecule has 1 saturated heterocycles. The summed E-state index contributed by atoms with van der Waals surface area (Å²) in [5, 5.41) is -0.555. The minimum absolute atomic E-state index is 0.244. The smallest absolute Gasteiger partial charge is 0.154 e. The second-order valence-electron chi connectivity index (χ2n) is 5.32. The van der Waals surface area contributed by atoms with Gasteiger partial charge in [0.15, 0.2) is 9.84 Å². The lowest BCUT2D eigenvalue weighted by atomic mass is 10.2. The molecule has 0 N–H and O–H groups in total. The fraction of sp³-hybridized carbons (Fsp3) is 0.500. The Labute approximate surface area is 123 Å². The Morgan fingerprint density at radius 2 is 2.20 bits per heavy atom. The van der Waals surface area contributed by atoms with Crippen LogP contribution in [0.15, 0.2) is 24.3 Å². The van der Waals surface area contributed by atoms with E-state index < -0.39 is 9.84 Å². The second-order valence-corrected chi connectivity index (χ2v) is 8.37. The van der Waals surface area contributed by atoms with Crippen molar-refractivity contribution in [3.8, 4) is 0 Å². The van der Waals surface area contributed by atoms with Crippen LogP contribution in [-0.2, 0) is 16.4 Å². The molecule has 2 atom stereocenters. The van der Waals surface area contributed by atoms with Gasteiger partial charge in [-0.3, -0.25) is 0 Å². The quantitative estimate of drug-likeness (QED) is 0.819. The number of imidazole rings is 1. The third-order valence-corrected chi connectivity index (χ3v) is 6.34. The third-order valence-electron chi connectivity index (χ3n) is 3.89. The van der Waals surface area contributed by atoms with Gasteiger partial charge in [0.05, 0.1) is 27.4 Å². The van der Waals surface area contributed by atoms with Crippen molar-refractivity contribution >= 4 is 32.5 Å². The van der Waals surface area contributed by atoms with Crippen molar-refractivity contribution in [2.45, 2.75) is 36.9 Å². The van der Waals surface area contributed by atoms with Gasteiger partial charge in [-0.1, -0.05) is 12.1 Å². The lowest BCUT2D eigenvalue weighted by molar-refractivity contribution is 0.562. The number of rotatable bonds is 3. The van der Waals surface area contributed by atoms with Gasteiger partial charge < -0.3 is 4.57 Å². The zero-order chi connectivity index (χ0) is 14.3. The first-order valence-electron chi connectivity index (χ1n) is 6.80. The summed E-state index contributed by atoms with van der Waals surface area (Å²) in [6.45, 7) is 2.32. The predicted molar refractivity (Wildman–Crippen MR) is 80.8 cm³/mol. The highest BCUT2D eigenvalue weighted by atomic mass is 35.5. The number of benzene rings is 1. The summed E-state index contributed by atoms with van der Waals surface area (Å²) in [7, 11) is -2.97. The van der Waals surface area contributed by atoms with Gasteiger partial charge in [-0.25, -0.2) is 13.4 Å². The fourth-order valence-electron chi connectivity index (χ4n) is 2.86. The number of hydrogen-bond acceptors (Lipinski definition) is 3. The van der Waals surface area contributed by atoms with E-state index in [0.717, 1.165) is 29.7 Å². The van der Waals surface area contributed by atoms with Crippen LogP contribution < -0.4 is 0 Å². The Balaban J connectivity index is 2.08. The molecular formula is C14H17ClN2O2S. The summed E-state index contributed by atoms with van der Waals surface area (Å²) in [4.78, 5) is 4.54. The van der Waals surface area contributed by atoms with E-state index in [1.807, 2.05) is 35.8 Å². The summed E-state index contributed by atoms with van der Waals surface area (Å²) in [6.07, 6.45) is 1.48. The molecule has 108 valence electrons. The Hall–Kier alpha value is -1.07. The molecule has 2 heterocycles. The zero-order valence-corrected chi connectivity index (χ0v) is 12.9. The van der Waals surface area contributed by atoms with E-state index in [-0.39, 0.29) is 10.6 Å². The average Bonchev–Trinajstić information content (AvgIpc) is 2.92. The molecule has 1 aromatic carbocycles. The Bertz CT molecular complexity index is 737. The molecule has 0 amide bonds. The first kappa shape index (κ1) is 13.9. The van der Waals surface area contributed by atoms with Crippen LogP contribution in [0.2, 0.25) is 0 Å². The predicted octanol–water partition coefficient (Wildman–Crippen LogP) is 2.91. The molecule has 20 heavy (non-hydrogen) atoms. The van der Waals surface area contributed by atoms with Crippen LogP contribution in [-0.4, -0.2) is 29.0 Å². The van der Waals surface area contributed by atoms with Gasteiger partial charge in [0, 0.05) is 6.54 Å². The standard InChI is InChI=1S/C14H17ClN2O2S/c1-10(15)14-16-12-6-2-3-7-13(12)17(14)9-11-5-4-8-20(11,18)19/h2-3,6-7,10-11H,4-5,8-9H2,1H3. The van der Waals surface area contributed by atoms with Crippen LogP contribution in [0.4, 0.5) is 0 Å². The lowest BCUT2D eigenvalue weighted by Crippen LogP contribution is -2.23. The number of alkyl halides is 1. The Kier molecular flexibility index (Phi) is 3.50. The molecule has 6 heteroatoms. The molecule has 1 aromatic heterocycles. The topological polar surface area (TPSA) is 52.0 Å². The van der Waals surface area contributed by atoms with Crippen molar-refractivity contribution in [2.24, 2.45) is 0 Å². The van der Waals surface area contributed by atoms with Crippen molar-refractivity contribution in [1.29, 1.82) is 0 Å². The van der Waals surface area contributed by atoms with Gasteiger partial charge in [-0.15, -0.1) is 11.6 Å². The average molecular weight is 313 g/mol. The molecule has 4 nitrogen and oxygen atoms in total. The SMILES string of the molecule is CC(Cl)c1nc2ccccc2n1CC1CCCS1(=O)=O. The molecule has 0 saturated carbocycles. The van der Waals surface area contributed by atoms with E-state index in [0.29, 0.717) is 12.3 Å². The number of aromatic nitrogens is 2. The van der Waals surface area contributed by atoms with Crippen LogP contribution in [0.3, 0.4) is 0 Å². The molecule has 2 aromatic rings.